The molecule has 1 N–H and O–H groups in total. The maximum Gasteiger partial charge on any atom is 0.117 e. The summed E-state index contributed by atoms with van der Waals surface area (Å²) in [7, 11) is 0. The second-order valence-electron chi connectivity index (χ2n) is 4.96. The number of aromatic nitrogens is 4. The standard InChI is InChI=1S/C16H16N4O/c1-11-3-4-14(9-12(11)2)20-16(15(10-21)18-19-20)13-5-7-17-8-6-13/h3-9,21H,10H2,1-2H3. The zero-order valence-corrected chi connectivity index (χ0v) is 12.0. The summed E-state index contributed by atoms with van der Waals surface area (Å²) in [4.78, 5) is 4.03. The van der Waals surface area contributed by atoms with Crippen LogP contribution in [0.5, 0.6) is 0 Å². The second-order valence-corrected chi connectivity index (χ2v) is 4.96. The lowest BCUT2D eigenvalue weighted by molar-refractivity contribution is 0.277. The Bertz CT molecular complexity index is 765. The summed E-state index contributed by atoms with van der Waals surface area (Å²) in [6.45, 7) is 3.99. The highest BCUT2D eigenvalue weighted by Crippen LogP contribution is 2.25. The molecule has 0 fully saturated rings. The van der Waals surface area contributed by atoms with Crippen LogP contribution in [0.4, 0.5) is 0 Å². The van der Waals surface area contributed by atoms with Gasteiger partial charge in [-0.2, -0.15) is 0 Å². The highest BCUT2D eigenvalue weighted by molar-refractivity contribution is 5.63. The van der Waals surface area contributed by atoms with Crippen molar-refractivity contribution in [3.8, 4) is 16.9 Å². The van der Waals surface area contributed by atoms with Crippen LogP contribution in [0, 0.1) is 13.8 Å². The first-order valence-electron chi connectivity index (χ1n) is 6.74. The van der Waals surface area contributed by atoms with Crippen molar-refractivity contribution in [2.75, 3.05) is 0 Å². The molecule has 0 aliphatic rings. The van der Waals surface area contributed by atoms with Gasteiger partial charge in [-0.15, -0.1) is 5.10 Å². The first-order valence-corrected chi connectivity index (χ1v) is 6.74. The van der Waals surface area contributed by atoms with E-state index in [1.165, 1.54) is 11.1 Å². The lowest BCUT2D eigenvalue weighted by atomic mass is 10.1. The monoisotopic (exact) mass is 280 g/mol. The first kappa shape index (κ1) is 13.5. The van der Waals surface area contributed by atoms with Gasteiger partial charge in [-0.3, -0.25) is 4.98 Å². The fourth-order valence-electron chi connectivity index (χ4n) is 2.26. The van der Waals surface area contributed by atoms with Gasteiger partial charge in [0.1, 0.15) is 11.4 Å². The minimum Gasteiger partial charge on any atom is -0.390 e. The van der Waals surface area contributed by atoms with Gasteiger partial charge >= 0.3 is 0 Å². The summed E-state index contributed by atoms with van der Waals surface area (Å²) in [5.41, 5.74) is 5.62. The SMILES string of the molecule is Cc1ccc(-n2nnc(CO)c2-c2ccncc2)cc1C. The summed E-state index contributed by atoms with van der Waals surface area (Å²) < 4.78 is 1.76. The molecular formula is C16H16N4O. The maximum absolute atomic E-state index is 9.51. The van der Waals surface area contributed by atoms with E-state index in [4.69, 9.17) is 0 Å². The Morgan fingerprint density at radius 3 is 2.48 bits per heavy atom. The Hall–Kier alpha value is -2.53. The molecule has 2 heterocycles. The van der Waals surface area contributed by atoms with E-state index in [0.29, 0.717) is 5.69 Å². The summed E-state index contributed by atoms with van der Waals surface area (Å²) in [6.07, 6.45) is 3.43. The fraction of sp³-hybridized carbons (Fsp3) is 0.188. The van der Waals surface area contributed by atoms with Crippen molar-refractivity contribution in [2.24, 2.45) is 0 Å². The van der Waals surface area contributed by atoms with Crippen LogP contribution < -0.4 is 0 Å². The molecule has 3 rings (SSSR count). The largest absolute Gasteiger partial charge is 0.390 e. The third-order valence-electron chi connectivity index (χ3n) is 3.58. The molecule has 5 nitrogen and oxygen atoms in total. The molecule has 0 aliphatic carbocycles. The summed E-state index contributed by atoms with van der Waals surface area (Å²) in [5.74, 6) is 0. The molecular weight excluding hydrogens is 264 g/mol. The van der Waals surface area contributed by atoms with E-state index in [1.807, 2.05) is 18.2 Å². The topological polar surface area (TPSA) is 63.8 Å². The number of rotatable bonds is 3. The van der Waals surface area contributed by atoms with Gasteiger partial charge in [-0.25, -0.2) is 4.68 Å². The van der Waals surface area contributed by atoms with Crippen LogP contribution >= 0.6 is 0 Å². The zero-order chi connectivity index (χ0) is 14.8. The summed E-state index contributed by atoms with van der Waals surface area (Å²) in [6, 6.07) is 9.89. The van der Waals surface area contributed by atoms with Crippen LogP contribution in [-0.4, -0.2) is 25.1 Å². The molecule has 21 heavy (non-hydrogen) atoms. The first-order chi connectivity index (χ1) is 10.2. The number of aryl methyl sites for hydroxylation is 2. The molecule has 0 saturated heterocycles. The number of nitrogens with zero attached hydrogens (tertiary/aromatic N) is 4. The van der Waals surface area contributed by atoms with E-state index < -0.39 is 0 Å². The molecule has 0 amide bonds. The molecule has 0 aliphatic heterocycles. The third kappa shape index (κ3) is 2.43. The van der Waals surface area contributed by atoms with Crippen LogP contribution in [0.1, 0.15) is 16.8 Å². The van der Waals surface area contributed by atoms with Gasteiger partial charge in [0.15, 0.2) is 0 Å². The smallest absolute Gasteiger partial charge is 0.117 e. The molecule has 106 valence electrons. The zero-order valence-electron chi connectivity index (χ0n) is 12.0. The number of benzene rings is 1. The molecule has 0 bridgehead atoms. The molecule has 0 radical (unpaired) electrons. The van der Waals surface area contributed by atoms with Crippen LogP contribution in [0.25, 0.3) is 16.9 Å². The van der Waals surface area contributed by atoms with Gasteiger partial charge < -0.3 is 5.11 Å². The molecule has 0 unspecified atom stereocenters. The minimum atomic E-state index is -0.150. The highest BCUT2D eigenvalue weighted by Gasteiger charge is 2.15. The van der Waals surface area contributed by atoms with Gasteiger partial charge in [-0.05, 0) is 49.2 Å². The highest BCUT2D eigenvalue weighted by atomic mass is 16.3. The van der Waals surface area contributed by atoms with E-state index >= 15 is 0 Å². The van der Waals surface area contributed by atoms with Crippen LogP contribution in [0.2, 0.25) is 0 Å². The van der Waals surface area contributed by atoms with Crippen LogP contribution in [-0.2, 0) is 6.61 Å². The van der Waals surface area contributed by atoms with Gasteiger partial charge in [0, 0.05) is 18.0 Å². The normalized spacial score (nSPS) is 10.8. The average molecular weight is 280 g/mol. The van der Waals surface area contributed by atoms with Crippen molar-refractivity contribution in [3.05, 3.63) is 59.5 Å². The Labute approximate surface area is 122 Å². The second kappa shape index (κ2) is 5.46. The van der Waals surface area contributed by atoms with Crippen molar-refractivity contribution < 1.29 is 5.11 Å². The lowest BCUT2D eigenvalue weighted by Gasteiger charge is -2.09. The van der Waals surface area contributed by atoms with Crippen molar-refractivity contribution >= 4 is 0 Å². The lowest BCUT2D eigenvalue weighted by Crippen LogP contribution is -2.01. The number of hydrogen-bond donors (Lipinski definition) is 1. The third-order valence-corrected chi connectivity index (χ3v) is 3.58. The minimum absolute atomic E-state index is 0.150. The maximum atomic E-state index is 9.51. The predicted molar refractivity (Wildman–Crippen MR) is 80.0 cm³/mol. The van der Waals surface area contributed by atoms with Gasteiger partial charge in [0.05, 0.1) is 12.3 Å². The van der Waals surface area contributed by atoms with E-state index in [0.717, 1.165) is 16.9 Å². The van der Waals surface area contributed by atoms with Crippen molar-refractivity contribution in [3.63, 3.8) is 0 Å². The predicted octanol–water partition coefficient (Wildman–Crippen LogP) is 2.44. The van der Waals surface area contributed by atoms with Gasteiger partial charge in [-0.1, -0.05) is 11.3 Å². The molecule has 1 aromatic carbocycles. The average Bonchev–Trinajstić information content (AvgIpc) is 2.95. The van der Waals surface area contributed by atoms with Crippen LogP contribution in [0.3, 0.4) is 0 Å². The van der Waals surface area contributed by atoms with Crippen LogP contribution in [0.15, 0.2) is 42.7 Å². The molecule has 2 aromatic heterocycles. The number of pyridine rings is 1. The molecule has 5 heteroatoms. The number of aliphatic hydroxyl groups excluding tert-OH is 1. The van der Waals surface area contributed by atoms with Crippen molar-refractivity contribution in [2.45, 2.75) is 20.5 Å². The van der Waals surface area contributed by atoms with E-state index in [2.05, 4.69) is 41.3 Å². The Kier molecular flexibility index (Phi) is 3.50. The molecule has 0 atom stereocenters. The quantitative estimate of drug-likeness (QED) is 0.800. The summed E-state index contributed by atoms with van der Waals surface area (Å²) in [5, 5.41) is 17.8. The van der Waals surface area contributed by atoms with Gasteiger partial charge in [0.2, 0.25) is 0 Å². The Morgan fingerprint density at radius 2 is 1.81 bits per heavy atom. The van der Waals surface area contributed by atoms with E-state index in [9.17, 15) is 5.11 Å². The van der Waals surface area contributed by atoms with E-state index in [-0.39, 0.29) is 6.61 Å². The number of hydrogen-bond acceptors (Lipinski definition) is 4. The fourth-order valence-corrected chi connectivity index (χ4v) is 2.26. The summed E-state index contributed by atoms with van der Waals surface area (Å²) >= 11 is 0. The van der Waals surface area contributed by atoms with Crippen molar-refractivity contribution in [1.29, 1.82) is 0 Å². The molecule has 0 saturated carbocycles. The molecule has 0 spiro atoms. The van der Waals surface area contributed by atoms with Gasteiger partial charge in [0.25, 0.3) is 0 Å². The van der Waals surface area contributed by atoms with Crippen molar-refractivity contribution in [1.82, 2.24) is 20.0 Å². The van der Waals surface area contributed by atoms with E-state index in [1.54, 1.807) is 17.1 Å². The Balaban J connectivity index is 2.20. The molecule has 3 aromatic rings. The number of aliphatic hydroxyl groups is 1. The Morgan fingerprint density at radius 1 is 1.05 bits per heavy atom.